The summed E-state index contributed by atoms with van der Waals surface area (Å²) in [5.41, 5.74) is 0. The predicted molar refractivity (Wildman–Crippen MR) is 47.8 cm³/mol. The standard InChI is InChI=1S/C10H16O3/c1-4-7-8(5-6(2)3)10(12)13-9(7)11/h6-8H,4-5H2,1-3H3. The lowest BCUT2D eigenvalue weighted by Gasteiger charge is -2.13. The highest BCUT2D eigenvalue weighted by Gasteiger charge is 2.42. The third kappa shape index (κ3) is 2.08. The average Bonchev–Trinajstić information content (AvgIpc) is 2.26. The number of hydrogen-bond donors (Lipinski definition) is 0. The van der Waals surface area contributed by atoms with E-state index < -0.39 is 0 Å². The van der Waals surface area contributed by atoms with Crippen molar-refractivity contribution in [1.29, 1.82) is 0 Å². The summed E-state index contributed by atoms with van der Waals surface area (Å²) in [5.74, 6) is -0.631. The summed E-state index contributed by atoms with van der Waals surface area (Å²) in [5, 5.41) is 0. The van der Waals surface area contributed by atoms with Gasteiger partial charge < -0.3 is 4.74 Å². The Morgan fingerprint density at radius 1 is 1.23 bits per heavy atom. The second kappa shape index (κ2) is 3.90. The monoisotopic (exact) mass is 184 g/mol. The molecule has 74 valence electrons. The van der Waals surface area contributed by atoms with Crippen molar-refractivity contribution in [2.75, 3.05) is 0 Å². The molecule has 0 bridgehead atoms. The number of carbonyl (C=O) groups is 2. The molecule has 3 heteroatoms. The molecule has 0 aromatic rings. The molecule has 0 aliphatic carbocycles. The van der Waals surface area contributed by atoms with E-state index in [9.17, 15) is 9.59 Å². The van der Waals surface area contributed by atoms with E-state index in [-0.39, 0.29) is 23.8 Å². The first-order valence-electron chi connectivity index (χ1n) is 4.81. The molecule has 1 fully saturated rings. The van der Waals surface area contributed by atoms with Gasteiger partial charge in [0.05, 0.1) is 11.8 Å². The van der Waals surface area contributed by atoms with Crippen LogP contribution in [0.1, 0.15) is 33.6 Å². The molecule has 1 saturated heterocycles. The third-order valence-corrected chi connectivity index (χ3v) is 2.46. The van der Waals surface area contributed by atoms with Gasteiger partial charge in [-0.15, -0.1) is 0 Å². The van der Waals surface area contributed by atoms with Gasteiger partial charge in [-0.2, -0.15) is 0 Å². The van der Waals surface area contributed by atoms with Crippen molar-refractivity contribution >= 4 is 11.9 Å². The topological polar surface area (TPSA) is 43.4 Å². The van der Waals surface area contributed by atoms with Crippen LogP contribution in [-0.2, 0) is 14.3 Å². The molecule has 2 atom stereocenters. The molecule has 0 radical (unpaired) electrons. The van der Waals surface area contributed by atoms with E-state index in [4.69, 9.17) is 0 Å². The molecular formula is C10H16O3. The maximum absolute atomic E-state index is 11.2. The largest absolute Gasteiger partial charge is 0.393 e. The van der Waals surface area contributed by atoms with E-state index in [2.05, 4.69) is 4.74 Å². The van der Waals surface area contributed by atoms with Crippen LogP contribution >= 0.6 is 0 Å². The second-order valence-electron chi connectivity index (χ2n) is 3.99. The van der Waals surface area contributed by atoms with Crippen LogP contribution in [0.3, 0.4) is 0 Å². The SMILES string of the molecule is CCC1C(=O)OC(=O)C1CC(C)C. The maximum Gasteiger partial charge on any atom is 0.317 e. The Morgan fingerprint density at radius 2 is 1.77 bits per heavy atom. The molecule has 0 amide bonds. The van der Waals surface area contributed by atoms with Crippen molar-refractivity contribution in [1.82, 2.24) is 0 Å². The average molecular weight is 184 g/mol. The summed E-state index contributed by atoms with van der Waals surface area (Å²) < 4.78 is 4.60. The van der Waals surface area contributed by atoms with Gasteiger partial charge in [-0.1, -0.05) is 20.8 Å². The Kier molecular flexibility index (Phi) is 3.07. The number of esters is 2. The van der Waals surface area contributed by atoms with E-state index in [0.717, 1.165) is 6.42 Å². The zero-order valence-corrected chi connectivity index (χ0v) is 8.37. The molecule has 2 unspecified atom stereocenters. The van der Waals surface area contributed by atoms with E-state index in [1.165, 1.54) is 0 Å². The smallest absolute Gasteiger partial charge is 0.317 e. The van der Waals surface area contributed by atoms with Crippen molar-refractivity contribution in [3.8, 4) is 0 Å². The highest BCUT2D eigenvalue weighted by atomic mass is 16.6. The van der Waals surface area contributed by atoms with E-state index in [0.29, 0.717) is 12.3 Å². The summed E-state index contributed by atoms with van der Waals surface area (Å²) >= 11 is 0. The van der Waals surface area contributed by atoms with Gasteiger partial charge in [0.15, 0.2) is 0 Å². The summed E-state index contributed by atoms with van der Waals surface area (Å²) in [6.07, 6.45) is 1.45. The molecule has 0 saturated carbocycles. The van der Waals surface area contributed by atoms with Gasteiger partial charge in [-0.25, -0.2) is 0 Å². The van der Waals surface area contributed by atoms with Gasteiger partial charge in [0, 0.05) is 0 Å². The zero-order chi connectivity index (χ0) is 10.0. The lowest BCUT2D eigenvalue weighted by Crippen LogP contribution is -2.18. The third-order valence-electron chi connectivity index (χ3n) is 2.46. The molecule has 0 N–H and O–H groups in total. The lowest BCUT2D eigenvalue weighted by atomic mass is 9.86. The van der Waals surface area contributed by atoms with Gasteiger partial charge in [-0.3, -0.25) is 9.59 Å². The molecule has 1 rings (SSSR count). The molecule has 0 spiro atoms. The molecule has 1 heterocycles. The predicted octanol–water partition coefficient (Wildman–Crippen LogP) is 1.76. The van der Waals surface area contributed by atoms with Crippen LogP contribution in [0.15, 0.2) is 0 Å². The fourth-order valence-electron chi connectivity index (χ4n) is 1.80. The van der Waals surface area contributed by atoms with Crippen LogP contribution in [0.4, 0.5) is 0 Å². The molecular weight excluding hydrogens is 168 g/mol. The first kappa shape index (κ1) is 10.2. The Balaban J connectivity index is 2.69. The quantitative estimate of drug-likeness (QED) is 0.496. The summed E-state index contributed by atoms with van der Waals surface area (Å²) in [4.78, 5) is 22.4. The Morgan fingerprint density at radius 3 is 2.23 bits per heavy atom. The highest BCUT2D eigenvalue weighted by molar-refractivity contribution is 5.96. The van der Waals surface area contributed by atoms with Gasteiger partial charge in [-0.05, 0) is 18.8 Å². The fraction of sp³-hybridized carbons (Fsp3) is 0.800. The van der Waals surface area contributed by atoms with E-state index in [1.54, 1.807) is 0 Å². The van der Waals surface area contributed by atoms with Crippen LogP contribution in [0, 0.1) is 17.8 Å². The minimum Gasteiger partial charge on any atom is -0.393 e. The number of carbonyl (C=O) groups excluding carboxylic acids is 2. The maximum atomic E-state index is 11.2. The molecule has 1 aliphatic heterocycles. The minimum absolute atomic E-state index is 0.197. The van der Waals surface area contributed by atoms with Crippen molar-refractivity contribution in [3.05, 3.63) is 0 Å². The van der Waals surface area contributed by atoms with Crippen molar-refractivity contribution in [2.24, 2.45) is 17.8 Å². The molecule has 3 nitrogen and oxygen atoms in total. The van der Waals surface area contributed by atoms with Crippen LogP contribution in [-0.4, -0.2) is 11.9 Å². The van der Waals surface area contributed by atoms with Crippen LogP contribution in [0.2, 0.25) is 0 Å². The highest BCUT2D eigenvalue weighted by Crippen LogP contribution is 2.31. The van der Waals surface area contributed by atoms with E-state index >= 15 is 0 Å². The molecule has 0 aromatic carbocycles. The van der Waals surface area contributed by atoms with Crippen LogP contribution in [0.25, 0.3) is 0 Å². The van der Waals surface area contributed by atoms with Crippen molar-refractivity contribution in [2.45, 2.75) is 33.6 Å². The first-order valence-corrected chi connectivity index (χ1v) is 4.81. The van der Waals surface area contributed by atoms with E-state index in [1.807, 2.05) is 20.8 Å². The number of hydrogen-bond acceptors (Lipinski definition) is 3. The fourth-order valence-corrected chi connectivity index (χ4v) is 1.80. The number of ether oxygens (including phenoxy) is 1. The first-order chi connectivity index (χ1) is 6.06. The molecule has 1 aliphatic rings. The number of cyclic esters (lactones) is 2. The summed E-state index contributed by atoms with van der Waals surface area (Å²) in [6.45, 7) is 6.00. The molecule has 13 heavy (non-hydrogen) atoms. The number of rotatable bonds is 3. The van der Waals surface area contributed by atoms with Gasteiger partial charge in [0.1, 0.15) is 0 Å². The molecule has 0 aromatic heterocycles. The summed E-state index contributed by atoms with van der Waals surface area (Å²) in [7, 11) is 0. The Labute approximate surface area is 78.5 Å². The van der Waals surface area contributed by atoms with Crippen LogP contribution < -0.4 is 0 Å². The zero-order valence-electron chi connectivity index (χ0n) is 8.37. The lowest BCUT2D eigenvalue weighted by molar-refractivity contribution is -0.153. The van der Waals surface area contributed by atoms with Crippen LogP contribution in [0.5, 0.6) is 0 Å². The van der Waals surface area contributed by atoms with Crippen molar-refractivity contribution < 1.29 is 14.3 Å². The second-order valence-corrected chi connectivity index (χ2v) is 3.99. The van der Waals surface area contributed by atoms with Gasteiger partial charge in [0.25, 0.3) is 0 Å². The Hall–Kier alpha value is -0.860. The minimum atomic E-state index is -0.335. The van der Waals surface area contributed by atoms with Crippen molar-refractivity contribution in [3.63, 3.8) is 0 Å². The summed E-state index contributed by atoms with van der Waals surface area (Å²) in [6, 6.07) is 0. The van der Waals surface area contributed by atoms with Gasteiger partial charge in [0.2, 0.25) is 0 Å². The van der Waals surface area contributed by atoms with Gasteiger partial charge >= 0.3 is 11.9 Å². The Bertz CT molecular complexity index is 220. The normalized spacial score (nSPS) is 28.3.